The van der Waals surface area contributed by atoms with Crippen molar-refractivity contribution in [3.05, 3.63) is 29.3 Å². The topological polar surface area (TPSA) is 62.1 Å². The van der Waals surface area contributed by atoms with Gasteiger partial charge in [0.15, 0.2) is 6.61 Å². The molecule has 1 aromatic carbocycles. The van der Waals surface area contributed by atoms with E-state index < -0.39 is 5.54 Å². The highest BCUT2D eigenvalue weighted by atomic mass is 16.5. The molecule has 0 saturated heterocycles. The van der Waals surface area contributed by atoms with Crippen molar-refractivity contribution in [2.24, 2.45) is 5.92 Å². The lowest BCUT2D eigenvalue weighted by Crippen LogP contribution is -2.50. The van der Waals surface area contributed by atoms with Gasteiger partial charge in [0.25, 0.3) is 5.91 Å². The minimum Gasteiger partial charge on any atom is -0.483 e. The first-order valence-electron chi connectivity index (χ1n) is 7.65. The molecule has 120 valence electrons. The van der Waals surface area contributed by atoms with Crippen molar-refractivity contribution in [3.63, 3.8) is 0 Å². The number of amides is 1. The highest BCUT2D eigenvalue weighted by Gasteiger charge is 2.30. The van der Waals surface area contributed by atoms with E-state index in [-0.39, 0.29) is 18.4 Å². The second-order valence-electron chi connectivity index (χ2n) is 6.49. The van der Waals surface area contributed by atoms with Gasteiger partial charge in [-0.3, -0.25) is 4.79 Å². The molecule has 0 bridgehead atoms. The van der Waals surface area contributed by atoms with Gasteiger partial charge < -0.3 is 10.1 Å². The Morgan fingerprint density at radius 2 is 2.00 bits per heavy atom. The Labute approximate surface area is 133 Å². The number of nitrogens with one attached hydrogen (secondary N) is 1. The lowest BCUT2D eigenvalue weighted by Gasteiger charge is -2.27. The van der Waals surface area contributed by atoms with Crippen LogP contribution in [0.3, 0.4) is 0 Å². The summed E-state index contributed by atoms with van der Waals surface area (Å²) in [6, 6.07) is 8.19. The van der Waals surface area contributed by atoms with Crippen molar-refractivity contribution in [2.45, 2.75) is 53.0 Å². The Balaban J connectivity index is 2.73. The number of hydrogen-bond acceptors (Lipinski definition) is 3. The van der Waals surface area contributed by atoms with Crippen LogP contribution < -0.4 is 10.1 Å². The van der Waals surface area contributed by atoms with Gasteiger partial charge in [-0.2, -0.15) is 5.26 Å². The molecule has 0 spiro atoms. The zero-order chi connectivity index (χ0) is 16.9. The zero-order valence-electron chi connectivity index (χ0n) is 14.4. The largest absolute Gasteiger partial charge is 0.483 e. The minimum absolute atomic E-state index is 0.0208. The molecule has 0 aliphatic heterocycles. The molecule has 1 aromatic rings. The fourth-order valence-corrected chi connectivity index (χ4v) is 1.90. The van der Waals surface area contributed by atoms with Crippen LogP contribution in [0, 0.1) is 24.2 Å². The first-order valence-corrected chi connectivity index (χ1v) is 7.65. The van der Waals surface area contributed by atoms with Crippen LogP contribution in [0.15, 0.2) is 18.2 Å². The summed E-state index contributed by atoms with van der Waals surface area (Å²) in [5.74, 6) is 0.851. The summed E-state index contributed by atoms with van der Waals surface area (Å²) in [6.45, 7) is 11.6. The summed E-state index contributed by atoms with van der Waals surface area (Å²) in [4.78, 5) is 12.0. The van der Waals surface area contributed by atoms with Gasteiger partial charge in [-0.05, 0) is 42.9 Å². The third-order valence-electron chi connectivity index (χ3n) is 4.02. The van der Waals surface area contributed by atoms with Gasteiger partial charge in [-0.1, -0.05) is 39.8 Å². The molecule has 0 unspecified atom stereocenters. The number of hydrogen-bond donors (Lipinski definition) is 1. The summed E-state index contributed by atoms with van der Waals surface area (Å²) < 4.78 is 5.64. The second kappa shape index (κ2) is 7.31. The van der Waals surface area contributed by atoms with Crippen molar-refractivity contribution in [2.75, 3.05) is 6.61 Å². The predicted molar refractivity (Wildman–Crippen MR) is 87.8 cm³/mol. The van der Waals surface area contributed by atoms with Crippen molar-refractivity contribution in [1.29, 1.82) is 5.26 Å². The number of aryl methyl sites for hydroxylation is 1. The van der Waals surface area contributed by atoms with Crippen LogP contribution in [0.5, 0.6) is 5.75 Å². The van der Waals surface area contributed by atoms with Gasteiger partial charge >= 0.3 is 0 Å². The van der Waals surface area contributed by atoms with E-state index in [1.54, 1.807) is 6.92 Å². The van der Waals surface area contributed by atoms with Gasteiger partial charge in [0.05, 0.1) is 6.07 Å². The van der Waals surface area contributed by atoms with Gasteiger partial charge in [0.2, 0.25) is 0 Å². The zero-order valence-corrected chi connectivity index (χ0v) is 14.4. The molecule has 0 saturated carbocycles. The van der Waals surface area contributed by atoms with Gasteiger partial charge in [-0.25, -0.2) is 0 Å². The normalized spacial score (nSPS) is 13.6. The third-order valence-corrected chi connectivity index (χ3v) is 4.02. The maximum atomic E-state index is 12.0. The summed E-state index contributed by atoms with van der Waals surface area (Å²) in [5.41, 5.74) is 1.28. The minimum atomic E-state index is -0.880. The highest BCUT2D eigenvalue weighted by molar-refractivity contribution is 5.78. The van der Waals surface area contributed by atoms with Crippen LogP contribution in [0.2, 0.25) is 0 Å². The molecule has 1 rings (SSSR count). The molecule has 1 amide bonds. The van der Waals surface area contributed by atoms with E-state index in [9.17, 15) is 10.1 Å². The molecular weight excluding hydrogens is 276 g/mol. The van der Waals surface area contributed by atoms with Crippen molar-refractivity contribution >= 4 is 5.91 Å². The number of carbonyl (C=O) groups excluding carboxylic acids is 1. The summed E-state index contributed by atoms with van der Waals surface area (Å²) in [7, 11) is 0. The van der Waals surface area contributed by atoms with Crippen molar-refractivity contribution in [1.82, 2.24) is 5.32 Å². The average Bonchev–Trinajstić information content (AvgIpc) is 2.45. The Kier molecular flexibility index (Phi) is 5.99. The third kappa shape index (κ3) is 4.49. The smallest absolute Gasteiger partial charge is 0.259 e. The molecule has 0 heterocycles. The van der Waals surface area contributed by atoms with Gasteiger partial charge in [-0.15, -0.1) is 0 Å². The molecule has 0 aliphatic rings. The molecule has 4 heteroatoms. The molecular formula is C18H26N2O2. The standard InChI is InChI=1S/C18H26N2O2/c1-12(2)15-8-7-14(5)16(9-15)22-10-17(21)20-18(6,11-19)13(3)4/h7-9,12-13H,10H2,1-6H3,(H,20,21)/t18-/m0/s1. The molecule has 0 fully saturated rings. The number of nitriles is 1. The van der Waals surface area contributed by atoms with Crippen LogP contribution in [0.4, 0.5) is 0 Å². The number of benzene rings is 1. The van der Waals surface area contributed by atoms with E-state index in [0.29, 0.717) is 11.7 Å². The summed E-state index contributed by atoms with van der Waals surface area (Å²) in [6.07, 6.45) is 0. The van der Waals surface area contributed by atoms with Gasteiger partial charge in [0.1, 0.15) is 11.3 Å². The van der Waals surface area contributed by atoms with E-state index in [1.807, 2.05) is 32.9 Å². The second-order valence-corrected chi connectivity index (χ2v) is 6.49. The average molecular weight is 302 g/mol. The predicted octanol–water partition coefficient (Wildman–Crippen LogP) is 3.55. The number of carbonyl (C=O) groups is 1. The summed E-state index contributed by atoms with van der Waals surface area (Å²) >= 11 is 0. The number of ether oxygens (including phenoxy) is 1. The fraction of sp³-hybridized carbons (Fsp3) is 0.556. The van der Waals surface area contributed by atoms with E-state index in [0.717, 1.165) is 5.56 Å². The Morgan fingerprint density at radius 1 is 1.36 bits per heavy atom. The lowest BCUT2D eigenvalue weighted by molar-refractivity contribution is -0.124. The first kappa shape index (κ1) is 18.0. The lowest BCUT2D eigenvalue weighted by atomic mass is 9.90. The van der Waals surface area contributed by atoms with Crippen LogP contribution >= 0.6 is 0 Å². The maximum absolute atomic E-state index is 12.0. The summed E-state index contributed by atoms with van der Waals surface area (Å²) in [5, 5.41) is 12.0. The fourth-order valence-electron chi connectivity index (χ4n) is 1.90. The molecule has 0 aromatic heterocycles. The molecule has 4 nitrogen and oxygen atoms in total. The Morgan fingerprint density at radius 3 is 2.50 bits per heavy atom. The van der Waals surface area contributed by atoms with E-state index >= 15 is 0 Å². The number of rotatable bonds is 6. The molecule has 1 N–H and O–H groups in total. The molecule has 22 heavy (non-hydrogen) atoms. The van der Waals surface area contributed by atoms with E-state index in [1.165, 1.54) is 5.56 Å². The van der Waals surface area contributed by atoms with Crippen molar-refractivity contribution < 1.29 is 9.53 Å². The van der Waals surface area contributed by atoms with Gasteiger partial charge in [0, 0.05) is 0 Å². The quantitative estimate of drug-likeness (QED) is 0.874. The van der Waals surface area contributed by atoms with Crippen LogP contribution in [-0.2, 0) is 4.79 Å². The first-order chi connectivity index (χ1) is 10.2. The van der Waals surface area contributed by atoms with E-state index in [4.69, 9.17) is 4.74 Å². The van der Waals surface area contributed by atoms with Crippen LogP contribution in [0.1, 0.15) is 51.7 Å². The monoisotopic (exact) mass is 302 g/mol. The number of nitrogens with zero attached hydrogens (tertiary/aromatic N) is 1. The molecule has 1 atom stereocenters. The Bertz CT molecular complexity index is 573. The van der Waals surface area contributed by atoms with Crippen molar-refractivity contribution in [3.8, 4) is 11.8 Å². The highest BCUT2D eigenvalue weighted by Crippen LogP contribution is 2.24. The van der Waals surface area contributed by atoms with E-state index in [2.05, 4.69) is 31.3 Å². The Hall–Kier alpha value is -2.02. The molecule has 0 aliphatic carbocycles. The maximum Gasteiger partial charge on any atom is 0.259 e. The van der Waals surface area contributed by atoms with Crippen LogP contribution in [-0.4, -0.2) is 18.1 Å². The van der Waals surface area contributed by atoms with Crippen LogP contribution in [0.25, 0.3) is 0 Å². The molecule has 0 radical (unpaired) electrons. The SMILES string of the molecule is Cc1ccc(C(C)C)cc1OCC(=O)N[C@@](C)(C#N)C(C)C.